The molecular formula is C16H22FN3O. The van der Waals surface area contributed by atoms with Crippen molar-refractivity contribution in [1.29, 1.82) is 0 Å². The lowest BCUT2D eigenvalue weighted by atomic mass is 10.2. The Hall–Kier alpha value is -1.88. The number of hydrogen-bond acceptors (Lipinski definition) is 3. The summed E-state index contributed by atoms with van der Waals surface area (Å²) in [5.41, 5.74) is 1.98. The van der Waals surface area contributed by atoms with Crippen molar-refractivity contribution in [2.24, 2.45) is 7.05 Å². The van der Waals surface area contributed by atoms with E-state index in [-0.39, 0.29) is 5.82 Å². The molecule has 0 unspecified atom stereocenters. The molecule has 21 heavy (non-hydrogen) atoms. The smallest absolute Gasteiger partial charge is 0.127 e. The number of aromatic nitrogens is 2. The van der Waals surface area contributed by atoms with Crippen LogP contribution >= 0.6 is 0 Å². The molecule has 1 aromatic heterocycles. The molecule has 0 aliphatic carbocycles. The first-order valence-corrected chi connectivity index (χ1v) is 7.17. The fourth-order valence-electron chi connectivity index (χ4n) is 2.05. The Morgan fingerprint density at radius 3 is 2.81 bits per heavy atom. The molecule has 4 nitrogen and oxygen atoms in total. The minimum absolute atomic E-state index is 0.270. The summed E-state index contributed by atoms with van der Waals surface area (Å²) >= 11 is 0. The van der Waals surface area contributed by atoms with Gasteiger partial charge in [-0.05, 0) is 23.8 Å². The molecule has 0 saturated heterocycles. The highest BCUT2D eigenvalue weighted by Gasteiger charge is 2.04. The van der Waals surface area contributed by atoms with Crippen molar-refractivity contribution < 1.29 is 9.13 Å². The maximum absolute atomic E-state index is 13.6. The van der Waals surface area contributed by atoms with Crippen molar-refractivity contribution in [1.82, 2.24) is 15.1 Å². The van der Waals surface area contributed by atoms with E-state index in [1.807, 2.05) is 23.9 Å². The molecule has 1 N–H and O–H groups in total. The SMILES string of the molecule is CC(C)NCc1cc(F)cc(OCCc2ccnn2C)c1. The third-order valence-electron chi connectivity index (χ3n) is 3.19. The molecule has 5 heteroatoms. The summed E-state index contributed by atoms with van der Waals surface area (Å²) in [6, 6.07) is 7.14. The van der Waals surface area contributed by atoms with Crippen LogP contribution in [-0.4, -0.2) is 22.4 Å². The van der Waals surface area contributed by atoms with Gasteiger partial charge in [-0.2, -0.15) is 5.10 Å². The first-order chi connectivity index (χ1) is 10.0. The van der Waals surface area contributed by atoms with E-state index in [1.165, 1.54) is 12.1 Å². The standard InChI is InChI=1S/C16H22FN3O/c1-12(2)18-11-13-8-14(17)10-16(9-13)21-7-5-15-4-6-19-20(15)3/h4,6,8-10,12,18H,5,7,11H2,1-3H3. The van der Waals surface area contributed by atoms with Gasteiger partial charge in [0.2, 0.25) is 0 Å². The van der Waals surface area contributed by atoms with Gasteiger partial charge in [-0.3, -0.25) is 4.68 Å². The van der Waals surface area contributed by atoms with Gasteiger partial charge in [-0.25, -0.2) is 4.39 Å². The second kappa shape index (κ2) is 7.22. The van der Waals surface area contributed by atoms with E-state index in [2.05, 4.69) is 24.3 Å². The van der Waals surface area contributed by atoms with Gasteiger partial charge in [0.1, 0.15) is 11.6 Å². The summed E-state index contributed by atoms with van der Waals surface area (Å²) < 4.78 is 21.1. The fraction of sp³-hybridized carbons (Fsp3) is 0.438. The van der Waals surface area contributed by atoms with Crippen LogP contribution in [0, 0.1) is 5.82 Å². The number of nitrogens with one attached hydrogen (secondary N) is 1. The predicted molar refractivity (Wildman–Crippen MR) is 80.8 cm³/mol. The average Bonchev–Trinajstić information content (AvgIpc) is 2.82. The molecule has 0 fully saturated rings. The van der Waals surface area contributed by atoms with Gasteiger partial charge in [0.25, 0.3) is 0 Å². The molecule has 0 atom stereocenters. The molecule has 114 valence electrons. The molecule has 2 aromatic rings. The van der Waals surface area contributed by atoms with E-state index in [0.717, 1.165) is 17.7 Å². The molecule has 0 aliphatic heterocycles. The molecule has 0 spiro atoms. The Morgan fingerprint density at radius 2 is 2.14 bits per heavy atom. The van der Waals surface area contributed by atoms with Gasteiger partial charge in [0.05, 0.1) is 6.61 Å². The predicted octanol–water partition coefficient (Wildman–Crippen LogP) is 2.68. The van der Waals surface area contributed by atoms with Gasteiger partial charge in [-0.1, -0.05) is 13.8 Å². The van der Waals surface area contributed by atoms with Crippen LogP contribution in [0.2, 0.25) is 0 Å². The van der Waals surface area contributed by atoms with E-state index in [0.29, 0.717) is 24.9 Å². The van der Waals surface area contributed by atoms with Crippen LogP contribution in [0.15, 0.2) is 30.5 Å². The molecule has 0 saturated carbocycles. The number of benzene rings is 1. The fourth-order valence-corrected chi connectivity index (χ4v) is 2.05. The summed E-state index contributed by atoms with van der Waals surface area (Å²) in [5, 5.41) is 7.37. The summed E-state index contributed by atoms with van der Waals surface area (Å²) in [5.74, 6) is 0.298. The highest BCUT2D eigenvalue weighted by molar-refractivity contribution is 5.29. The maximum Gasteiger partial charge on any atom is 0.127 e. The van der Waals surface area contributed by atoms with Gasteiger partial charge in [-0.15, -0.1) is 0 Å². The first kappa shape index (κ1) is 15.5. The minimum Gasteiger partial charge on any atom is -0.493 e. The topological polar surface area (TPSA) is 39.1 Å². The number of nitrogens with zero attached hydrogens (tertiary/aromatic N) is 2. The summed E-state index contributed by atoms with van der Waals surface area (Å²) in [4.78, 5) is 0. The van der Waals surface area contributed by atoms with Gasteiger partial charge in [0, 0.05) is 44.0 Å². The number of rotatable bonds is 7. The Kier molecular flexibility index (Phi) is 5.33. The molecular weight excluding hydrogens is 269 g/mol. The quantitative estimate of drug-likeness (QED) is 0.852. The number of halogens is 1. The molecule has 1 heterocycles. The van der Waals surface area contributed by atoms with Crippen LogP contribution < -0.4 is 10.1 Å². The normalized spacial score (nSPS) is 11.1. The van der Waals surface area contributed by atoms with E-state index in [1.54, 1.807) is 6.20 Å². The van der Waals surface area contributed by atoms with Crippen LogP contribution in [0.5, 0.6) is 5.75 Å². The number of hydrogen-bond donors (Lipinski definition) is 1. The molecule has 0 radical (unpaired) electrons. The third kappa shape index (κ3) is 4.86. The van der Waals surface area contributed by atoms with Crippen molar-refractivity contribution >= 4 is 0 Å². The Balaban J connectivity index is 1.91. The number of ether oxygens (including phenoxy) is 1. The molecule has 1 aromatic carbocycles. The molecule has 0 amide bonds. The highest BCUT2D eigenvalue weighted by atomic mass is 19.1. The highest BCUT2D eigenvalue weighted by Crippen LogP contribution is 2.17. The monoisotopic (exact) mass is 291 g/mol. The van der Waals surface area contributed by atoms with Crippen LogP contribution in [0.3, 0.4) is 0 Å². The van der Waals surface area contributed by atoms with Crippen LogP contribution in [0.25, 0.3) is 0 Å². The Labute approximate surface area is 124 Å². The first-order valence-electron chi connectivity index (χ1n) is 7.17. The average molecular weight is 291 g/mol. The summed E-state index contributed by atoms with van der Waals surface area (Å²) in [6.45, 7) is 5.25. The van der Waals surface area contributed by atoms with Crippen molar-refractivity contribution in [2.75, 3.05) is 6.61 Å². The van der Waals surface area contributed by atoms with Crippen molar-refractivity contribution in [3.05, 3.63) is 47.5 Å². The zero-order valence-electron chi connectivity index (χ0n) is 12.8. The lowest BCUT2D eigenvalue weighted by Gasteiger charge is -2.11. The second-order valence-corrected chi connectivity index (χ2v) is 5.38. The third-order valence-corrected chi connectivity index (χ3v) is 3.19. The van der Waals surface area contributed by atoms with Crippen molar-refractivity contribution in [3.63, 3.8) is 0 Å². The minimum atomic E-state index is -0.270. The van der Waals surface area contributed by atoms with E-state index in [4.69, 9.17) is 4.74 Å². The molecule has 0 aliphatic rings. The second-order valence-electron chi connectivity index (χ2n) is 5.38. The Morgan fingerprint density at radius 1 is 1.33 bits per heavy atom. The number of aryl methyl sites for hydroxylation is 1. The van der Waals surface area contributed by atoms with Gasteiger partial charge < -0.3 is 10.1 Å². The zero-order chi connectivity index (χ0) is 15.2. The van der Waals surface area contributed by atoms with E-state index in [9.17, 15) is 4.39 Å². The van der Waals surface area contributed by atoms with Crippen LogP contribution in [-0.2, 0) is 20.0 Å². The van der Waals surface area contributed by atoms with Crippen LogP contribution in [0.4, 0.5) is 4.39 Å². The Bertz CT molecular complexity index is 581. The lowest BCUT2D eigenvalue weighted by molar-refractivity contribution is 0.316. The molecule has 2 rings (SSSR count). The zero-order valence-corrected chi connectivity index (χ0v) is 12.8. The van der Waals surface area contributed by atoms with Crippen molar-refractivity contribution in [3.8, 4) is 5.75 Å². The molecule has 0 bridgehead atoms. The maximum atomic E-state index is 13.6. The van der Waals surface area contributed by atoms with Gasteiger partial charge >= 0.3 is 0 Å². The largest absolute Gasteiger partial charge is 0.493 e. The van der Waals surface area contributed by atoms with Crippen molar-refractivity contribution in [2.45, 2.75) is 32.9 Å². The lowest BCUT2D eigenvalue weighted by Crippen LogP contribution is -2.21. The van der Waals surface area contributed by atoms with Crippen LogP contribution in [0.1, 0.15) is 25.1 Å². The summed E-state index contributed by atoms with van der Waals surface area (Å²) in [7, 11) is 1.90. The summed E-state index contributed by atoms with van der Waals surface area (Å²) in [6.07, 6.45) is 2.50. The van der Waals surface area contributed by atoms with Gasteiger partial charge in [0.15, 0.2) is 0 Å². The van der Waals surface area contributed by atoms with E-state index >= 15 is 0 Å². The van der Waals surface area contributed by atoms with E-state index < -0.39 is 0 Å².